The van der Waals surface area contributed by atoms with Crippen molar-refractivity contribution in [3.63, 3.8) is 0 Å². The molecule has 0 aliphatic carbocycles. The van der Waals surface area contributed by atoms with Crippen molar-refractivity contribution >= 4 is 5.97 Å². The minimum Gasteiger partial charge on any atom is -0.456 e. The van der Waals surface area contributed by atoms with Gasteiger partial charge in [0.05, 0.1) is 5.69 Å². The molecular weight excluding hydrogens is 713 g/mol. The molecule has 5 aromatic carbocycles. The molecule has 0 fully saturated rings. The third kappa shape index (κ3) is 7.92. The smallest absolute Gasteiger partial charge is 0.359 e. The van der Waals surface area contributed by atoms with Crippen LogP contribution in [0.5, 0.6) is 0 Å². The van der Waals surface area contributed by atoms with E-state index in [2.05, 4.69) is 57.8 Å². The van der Waals surface area contributed by atoms with Crippen molar-refractivity contribution in [2.75, 3.05) is 6.61 Å². The van der Waals surface area contributed by atoms with Crippen LogP contribution in [-0.4, -0.2) is 47.4 Å². The largest absolute Gasteiger partial charge is 0.456 e. The van der Waals surface area contributed by atoms with Gasteiger partial charge in [-0.1, -0.05) is 153 Å². The molecule has 10 nitrogen and oxygen atoms in total. The fourth-order valence-electron chi connectivity index (χ4n) is 7.56. The fraction of sp³-hybridized carbons (Fsp3) is 0.255. The monoisotopic (exact) mass is 760 g/mol. The Morgan fingerprint density at radius 2 is 1.26 bits per heavy atom. The average Bonchev–Trinajstić information content (AvgIpc) is 3.88. The standard InChI is InChI=1S/C47H48N6O4/c1-5-30-52-41(33-56-31-6-2)48-42(43(52)46(3,4)55)45(54)57-32-34-26-28-35(29-27-34)39-24-16-17-25-40(39)44-49-50-51-53(44)47(36-18-10-7-11-19-36,37-20-12-8-13-21-37)38-22-14-9-15-23-38/h7-29,55H,5-6,30-33H2,1-4H3. The summed E-state index contributed by atoms with van der Waals surface area (Å²) in [5.74, 6) is 0.598. The minimum atomic E-state index is -1.32. The van der Waals surface area contributed by atoms with Gasteiger partial charge in [-0.05, 0) is 70.5 Å². The first kappa shape index (κ1) is 39.0. The zero-order chi connectivity index (χ0) is 39.8. The van der Waals surface area contributed by atoms with Gasteiger partial charge in [0.1, 0.15) is 30.2 Å². The number of nitrogens with zero attached hydrogens (tertiary/aromatic N) is 6. The first-order valence-corrected chi connectivity index (χ1v) is 19.5. The zero-order valence-electron chi connectivity index (χ0n) is 32.9. The van der Waals surface area contributed by atoms with Crippen LogP contribution in [0, 0.1) is 0 Å². The average molecular weight is 761 g/mol. The summed E-state index contributed by atoms with van der Waals surface area (Å²) in [7, 11) is 0. The number of ether oxygens (including phenoxy) is 2. The lowest BCUT2D eigenvalue weighted by molar-refractivity contribution is 0.0420. The van der Waals surface area contributed by atoms with Crippen molar-refractivity contribution in [3.8, 4) is 22.5 Å². The lowest BCUT2D eigenvalue weighted by Crippen LogP contribution is -2.39. The molecule has 290 valence electrons. The van der Waals surface area contributed by atoms with Crippen LogP contribution in [0.1, 0.15) is 84.8 Å². The number of rotatable bonds is 16. The quantitative estimate of drug-likeness (QED) is 0.0590. The zero-order valence-corrected chi connectivity index (χ0v) is 32.9. The van der Waals surface area contributed by atoms with Crippen molar-refractivity contribution in [2.45, 2.75) is 71.4 Å². The van der Waals surface area contributed by atoms with Crippen LogP contribution >= 0.6 is 0 Å². The molecule has 0 amide bonds. The number of aromatic nitrogens is 6. The first-order chi connectivity index (χ1) is 27.8. The van der Waals surface area contributed by atoms with E-state index in [4.69, 9.17) is 14.7 Å². The maximum absolute atomic E-state index is 13.6. The molecule has 1 N–H and O–H groups in total. The summed E-state index contributed by atoms with van der Waals surface area (Å²) < 4.78 is 15.4. The highest BCUT2D eigenvalue weighted by Gasteiger charge is 2.42. The van der Waals surface area contributed by atoms with Crippen molar-refractivity contribution in [1.29, 1.82) is 0 Å². The van der Waals surface area contributed by atoms with Gasteiger partial charge in [0.15, 0.2) is 11.5 Å². The van der Waals surface area contributed by atoms with E-state index in [1.807, 2.05) is 120 Å². The SMILES string of the molecule is CCCOCc1nc(C(=O)OCc2ccc(-c3ccccc3-c3nnnn3C(c3ccccc3)(c3ccccc3)c3ccccc3)cc2)c(C(C)(C)O)n1CCC. The third-order valence-corrected chi connectivity index (χ3v) is 10.0. The summed E-state index contributed by atoms with van der Waals surface area (Å²) in [6.07, 6.45) is 1.66. The summed E-state index contributed by atoms with van der Waals surface area (Å²) in [6, 6.07) is 47.0. The van der Waals surface area contributed by atoms with E-state index in [9.17, 15) is 9.90 Å². The van der Waals surface area contributed by atoms with Crippen molar-refractivity contribution in [2.24, 2.45) is 0 Å². The number of esters is 1. The van der Waals surface area contributed by atoms with E-state index >= 15 is 0 Å². The topological polar surface area (TPSA) is 117 Å². The van der Waals surface area contributed by atoms with Gasteiger partial charge < -0.3 is 19.1 Å². The Morgan fingerprint density at radius 3 is 1.81 bits per heavy atom. The minimum absolute atomic E-state index is 0.0281. The van der Waals surface area contributed by atoms with Crippen LogP contribution in [0.15, 0.2) is 140 Å². The van der Waals surface area contributed by atoms with Crippen LogP contribution in [0.4, 0.5) is 0 Å². The lowest BCUT2D eigenvalue weighted by Gasteiger charge is -2.36. The number of carbonyl (C=O) groups is 1. The summed E-state index contributed by atoms with van der Waals surface area (Å²) in [5.41, 5.74) is 4.89. The predicted octanol–water partition coefficient (Wildman–Crippen LogP) is 8.96. The highest BCUT2D eigenvalue weighted by atomic mass is 16.5. The van der Waals surface area contributed by atoms with Crippen LogP contribution in [0.3, 0.4) is 0 Å². The molecule has 2 aromatic heterocycles. The van der Waals surface area contributed by atoms with E-state index < -0.39 is 17.1 Å². The Labute approximate surface area is 333 Å². The normalized spacial score (nSPS) is 11.8. The van der Waals surface area contributed by atoms with E-state index in [0.29, 0.717) is 30.5 Å². The second-order valence-corrected chi connectivity index (χ2v) is 14.5. The number of carbonyl (C=O) groups excluding carboxylic acids is 1. The second-order valence-electron chi connectivity index (χ2n) is 14.5. The molecule has 0 atom stereocenters. The highest BCUT2D eigenvalue weighted by Crippen LogP contribution is 2.43. The summed E-state index contributed by atoms with van der Waals surface area (Å²) in [5, 5.41) is 24.9. The van der Waals surface area contributed by atoms with E-state index in [1.165, 1.54) is 0 Å². The molecule has 0 saturated carbocycles. The molecular formula is C47H48N6O4. The number of hydrogen-bond donors (Lipinski definition) is 1. The number of tetrazole rings is 1. The molecule has 0 bridgehead atoms. The fourth-order valence-corrected chi connectivity index (χ4v) is 7.56. The molecule has 7 rings (SSSR count). The highest BCUT2D eigenvalue weighted by molar-refractivity contribution is 5.89. The van der Waals surface area contributed by atoms with Crippen molar-refractivity contribution < 1.29 is 19.4 Å². The van der Waals surface area contributed by atoms with Crippen LogP contribution in [0.25, 0.3) is 22.5 Å². The summed E-state index contributed by atoms with van der Waals surface area (Å²) in [6.45, 7) is 8.82. The number of imidazole rings is 1. The van der Waals surface area contributed by atoms with E-state index in [0.717, 1.165) is 51.8 Å². The van der Waals surface area contributed by atoms with Gasteiger partial charge in [-0.2, -0.15) is 0 Å². The number of aliphatic hydroxyl groups is 1. The predicted molar refractivity (Wildman–Crippen MR) is 220 cm³/mol. The van der Waals surface area contributed by atoms with Crippen LogP contribution in [-0.2, 0) is 40.4 Å². The van der Waals surface area contributed by atoms with Gasteiger partial charge in [-0.25, -0.2) is 14.5 Å². The van der Waals surface area contributed by atoms with Gasteiger partial charge in [-0.15, -0.1) is 5.10 Å². The van der Waals surface area contributed by atoms with Crippen LogP contribution < -0.4 is 0 Å². The van der Waals surface area contributed by atoms with Gasteiger partial charge in [0.25, 0.3) is 0 Å². The second kappa shape index (κ2) is 17.3. The van der Waals surface area contributed by atoms with Crippen molar-refractivity contribution in [1.82, 2.24) is 29.8 Å². The molecule has 2 heterocycles. The molecule has 0 spiro atoms. The molecule has 7 aromatic rings. The maximum Gasteiger partial charge on any atom is 0.359 e. The Bertz CT molecular complexity index is 2290. The number of hydrogen-bond acceptors (Lipinski definition) is 8. The molecule has 0 unspecified atom stereocenters. The van der Waals surface area contributed by atoms with Gasteiger partial charge in [0.2, 0.25) is 0 Å². The van der Waals surface area contributed by atoms with Crippen molar-refractivity contribution in [3.05, 3.63) is 179 Å². The Hall–Kier alpha value is -6.23. The summed E-state index contributed by atoms with van der Waals surface area (Å²) in [4.78, 5) is 18.2. The molecule has 57 heavy (non-hydrogen) atoms. The van der Waals surface area contributed by atoms with E-state index in [-0.39, 0.29) is 18.9 Å². The Kier molecular flexibility index (Phi) is 11.8. The van der Waals surface area contributed by atoms with Gasteiger partial charge in [0, 0.05) is 18.7 Å². The molecule has 0 aliphatic heterocycles. The van der Waals surface area contributed by atoms with Crippen LogP contribution in [0.2, 0.25) is 0 Å². The molecule has 10 heteroatoms. The number of benzene rings is 5. The maximum atomic E-state index is 13.6. The van der Waals surface area contributed by atoms with Gasteiger partial charge in [-0.3, -0.25) is 0 Å². The van der Waals surface area contributed by atoms with Gasteiger partial charge >= 0.3 is 5.97 Å². The molecule has 0 saturated heterocycles. The first-order valence-electron chi connectivity index (χ1n) is 19.5. The third-order valence-electron chi connectivity index (χ3n) is 10.0. The molecule has 0 radical (unpaired) electrons. The van der Waals surface area contributed by atoms with E-state index in [1.54, 1.807) is 13.8 Å². The summed E-state index contributed by atoms with van der Waals surface area (Å²) >= 11 is 0. The lowest BCUT2D eigenvalue weighted by atomic mass is 9.77. The Morgan fingerprint density at radius 1 is 0.702 bits per heavy atom. The molecule has 0 aliphatic rings. The Balaban J connectivity index is 1.21.